The normalized spacial score (nSPS) is 11.2. The van der Waals surface area contributed by atoms with Gasteiger partial charge in [-0.05, 0) is 48.0 Å². The van der Waals surface area contributed by atoms with E-state index in [2.05, 4.69) is 26.0 Å². The zero-order chi connectivity index (χ0) is 23.0. The minimum absolute atomic E-state index is 0.109. The predicted molar refractivity (Wildman–Crippen MR) is 126 cm³/mol. The highest BCUT2D eigenvalue weighted by Gasteiger charge is 2.16. The van der Waals surface area contributed by atoms with Crippen LogP contribution in [0.3, 0.4) is 0 Å². The summed E-state index contributed by atoms with van der Waals surface area (Å²) in [7, 11) is -2.11. The van der Waals surface area contributed by atoms with E-state index in [-0.39, 0.29) is 17.3 Å². The molecule has 0 unspecified atom stereocenters. The Hall–Kier alpha value is -2.72. The van der Waals surface area contributed by atoms with E-state index >= 15 is 0 Å². The molecule has 0 aliphatic carbocycles. The van der Waals surface area contributed by atoms with Gasteiger partial charge in [-0.15, -0.1) is 0 Å². The van der Waals surface area contributed by atoms with Crippen LogP contribution >= 0.6 is 15.9 Å². The van der Waals surface area contributed by atoms with Crippen molar-refractivity contribution in [2.75, 3.05) is 25.6 Å². The Kier molecular flexibility index (Phi) is 8.40. The van der Waals surface area contributed by atoms with Crippen LogP contribution in [0.25, 0.3) is 0 Å². The smallest absolute Gasteiger partial charge is 0.259 e. The summed E-state index contributed by atoms with van der Waals surface area (Å²) in [5.74, 6) is 0.0450. The molecule has 0 heterocycles. The van der Waals surface area contributed by atoms with Gasteiger partial charge in [0.1, 0.15) is 12.4 Å². The highest BCUT2D eigenvalue weighted by molar-refractivity contribution is 9.10. The van der Waals surface area contributed by atoms with E-state index in [1.807, 2.05) is 30.3 Å². The maximum atomic E-state index is 12.8. The van der Waals surface area contributed by atoms with Crippen LogP contribution in [0.2, 0.25) is 0 Å². The van der Waals surface area contributed by atoms with E-state index in [4.69, 9.17) is 9.47 Å². The monoisotopic (exact) mass is 518 g/mol. The molecule has 3 rings (SSSR count). The van der Waals surface area contributed by atoms with Crippen LogP contribution in [-0.4, -0.2) is 34.6 Å². The van der Waals surface area contributed by atoms with Crippen molar-refractivity contribution >= 4 is 37.5 Å². The summed E-state index contributed by atoms with van der Waals surface area (Å²) in [6.45, 7) is 0.892. The second-order valence-corrected chi connectivity index (χ2v) is 9.45. The number of anilines is 1. The second kappa shape index (κ2) is 11.2. The van der Waals surface area contributed by atoms with E-state index in [0.29, 0.717) is 30.2 Å². The average molecular weight is 519 g/mol. The summed E-state index contributed by atoms with van der Waals surface area (Å²) in [5, 5.41) is 2.77. The molecule has 0 atom stereocenters. The number of benzene rings is 3. The average Bonchev–Trinajstić information content (AvgIpc) is 2.80. The molecule has 2 N–H and O–H groups in total. The van der Waals surface area contributed by atoms with Crippen LogP contribution in [0.1, 0.15) is 15.9 Å². The quantitative estimate of drug-likeness (QED) is 0.392. The van der Waals surface area contributed by atoms with Gasteiger partial charge in [-0.25, -0.2) is 13.1 Å². The van der Waals surface area contributed by atoms with Crippen molar-refractivity contribution < 1.29 is 22.7 Å². The number of sulfonamides is 1. The van der Waals surface area contributed by atoms with E-state index < -0.39 is 10.0 Å². The van der Waals surface area contributed by atoms with Gasteiger partial charge < -0.3 is 14.8 Å². The SMILES string of the molecule is COCCOc1ccc(Br)cc1C(=O)Nc1ccc(S(=O)(=O)NCc2ccccc2)cc1. The molecule has 168 valence electrons. The molecule has 0 saturated heterocycles. The predicted octanol–water partition coefficient (Wildman–Crippen LogP) is 4.21. The fourth-order valence-electron chi connectivity index (χ4n) is 2.81. The Balaban J connectivity index is 1.68. The summed E-state index contributed by atoms with van der Waals surface area (Å²) in [5.41, 5.74) is 1.66. The fourth-order valence-corrected chi connectivity index (χ4v) is 4.19. The van der Waals surface area contributed by atoms with Crippen molar-refractivity contribution in [3.8, 4) is 5.75 Å². The lowest BCUT2D eigenvalue weighted by Gasteiger charge is -2.13. The van der Waals surface area contributed by atoms with Gasteiger partial charge in [0.2, 0.25) is 10.0 Å². The molecule has 3 aromatic carbocycles. The van der Waals surface area contributed by atoms with Crippen molar-refractivity contribution in [2.45, 2.75) is 11.4 Å². The molecule has 0 fully saturated rings. The Labute approximate surface area is 195 Å². The maximum Gasteiger partial charge on any atom is 0.259 e. The molecule has 7 nitrogen and oxygen atoms in total. The highest BCUT2D eigenvalue weighted by atomic mass is 79.9. The highest BCUT2D eigenvalue weighted by Crippen LogP contribution is 2.25. The Morgan fingerprint density at radius 2 is 1.69 bits per heavy atom. The van der Waals surface area contributed by atoms with Crippen LogP contribution in [-0.2, 0) is 21.3 Å². The number of amides is 1. The Morgan fingerprint density at radius 3 is 2.38 bits per heavy atom. The molecule has 0 bridgehead atoms. The summed E-state index contributed by atoms with van der Waals surface area (Å²) in [6.07, 6.45) is 0. The van der Waals surface area contributed by atoms with Crippen molar-refractivity contribution in [1.29, 1.82) is 0 Å². The summed E-state index contributed by atoms with van der Waals surface area (Å²) in [4.78, 5) is 12.9. The lowest BCUT2D eigenvalue weighted by molar-refractivity contribution is 0.101. The third-order valence-corrected chi connectivity index (χ3v) is 6.37. The first kappa shape index (κ1) is 23.9. The number of nitrogens with one attached hydrogen (secondary N) is 2. The van der Waals surface area contributed by atoms with Gasteiger partial charge in [0.05, 0.1) is 17.1 Å². The number of ether oxygens (including phenoxy) is 2. The summed E-state index contributed by atoms with van der Waals surface area (Å²) >= 11 is 3.36. The standard InChI is InChI=1S/C23H23BrN2O5S/c1-30-13-14-31-22-12-7-18(24)15-21(22)23(27)26-19-8-10-20(11-9-19)32(28,29)25-16-17-5-3-2-4-6-17/h2-12,15,25H,13-14,16H2,1H3,(H,26,27). The van der Waals surface area contributed by atoms with Crippen molar-refractivity contribution in [2.24, 2.45) is 0 Å². The lowest BCUT2D eigenvalue weighted by atomic mass is 10.2. The molecule has 0 aromatic heterocycles. The minimum atomic E-state index is -3.68. The van der Waals surface area contributed by atoms with Crippen molar-refractivity contribution in [3.63, 3.8) is 0 Å². The molecule has 0 saturated carbocycles. The number of hydrogen-bond donors (Lipinski definition) is 2. The zero-order valence-electron chi connectivity index (χ0n) is 17.4. The first-order chi connectivity index (χ1) is 15.4. The number of carbonyl (C=O) groups excluding carboxylic acids is 1. The van der Waals surface area contributed by atoms with Crippen molar-refractivity contribution in [3.05, 3.63) is 88.4 Å². The molecule has 0 aliphatic rings. The molecule has 1 amide bonds. The first-order valence-corrected chi connectivity index (χ1v) is 12.0. The van der Waals surface area contributed by atoms with Crippen LogP contribution in [0.4, 0.5) is 5.69 Å². The second-order valence-electron chi connectivity index (χ2n) is 6.77. The van der Waals surface area contributed by atoms with Gasteiger partial charge in [-0.3, -0.25) is 4.79 Å². The Bertz CT molecular complexity index is 1150. The molecule has 0 aliphatic heterocycles. The van der Waals surface area contributed by atoms with Crippen LogP contribution in [0.15, 0.2) is 82.2 Å². The van der Waals surface area contributed by atoms with Gasteiger partial charge in [0, 0.05) is 23.8 Å². The van der Waals surface area contributed by atoms with Gasteiger partial charge in [0.15, 0.2) is 0 Å². The molecule has 9 heteroatoms. The lowest BCUT2D eigenvalue weighted by Crippen LogP contribution is -2.23. The number of carbonyl (C=O) groups is 1. The number of hydrogen-bond acceptors (Lipinski definition) is 5. The third kappa shape index (κ3) is 6.64. The number of rotatable bonds is 10. The minimum Gasteiger partial charge on any atom is -0.490 e. The van der Waals surface area contributed by atoms with Gasteiger partial charge in [-0.1, -0.05) is 46.3 Å². The van der Waals surface area contributed by atoms with Gasteiger partial charge in [-0.2, -0.15) is 0 Å². The third-order valence-electron chi connectivity index (χ3n) is 4.46. The van der Waals surface area contributed by atoms with Crippen LogP contribution in [0.5, 0.6) is 5.75 Å². The molecule has 0 radical (unpaired) electrons. The van der Waals surface area contributed by atoms with Gasteiger partial charge in [0.25, 0.3) is 5.91 Å². The molecule has 0 spiro atoms. The number of methoxy groups -OCH3 is 1. The summed E-state index contributed by atoms with van der Waals surface area (Å²) < 4.78 is 39.0. The molecular formula is C23H23BrN2O5S. The first-order valence-electron chi connectivity index (χ1n) is 9.75. The van der Waals surface area contributed by atoms with Crippen LogP contribution < -0.4 is 14.8 Å². The van der Waals surface area contributed by atoms with E-state index in [1.165, 1.54) is 12.1 Å². The summed E-state index contributed by atoms with van der Waals surface area (Å²) in [6, 6.07) is 20.4. The molecule has 32 heavy (non-hydrogen) atoms. The fraction of sp³-hybridized carbons (Fsp3) is 0.174. The molecule has 3 aromatic rings. The zero-order valence-corrected chi connectivity index (χ0v) is 19.8. The van der Waals surface area contributed by atoms with Crippen LogP contribution in [0, 0.1) is 0 Å². The van der Waals surface area contributed by atoms with E-state index in [9.17, 15) is 13.2 Å². The largest absolute Gasteiger partial charge is 0.490 e. The number of halogens is 1. The van der Waals surface area contributed by atoms with Gasteiger partial charge >= 0.3 is 0 Å². The maximum absolute atomic E-state index is 12.8. The molecular weight excluding hydrogens is 496 g/mol. The van der Waals surface area contributed by atoms with Crippen molar-refractivity contribution in [1.82, 2.24) is 4.72 Å². The van der Waals surface area contributed by atoms with E-state index in [1.54, 1.807) is 37.4 Å². The topological polar surface area (TPSA) is 93.7 Å². The Morgan fingerprint density at radius 1 is 0.969 bits per heavy atom. The van der Waals surface area contributed by atoms with E-state index in [0.717, 1.165) is 10.0 Å².